The van der Waals surface area contributed by atoms with Crippen LogP contribution in [0.4, 0.5) is 4.79 Å². The van der Waals surface area contributed by atoms with Crippen molar-refractivity contribution in [2.45, 2.75) is 25.4 Å². The number of fused-ring (bicyclic) bond motifs is 1. The molecule has 2 fully saturated rings. The Kier molecular flexibility index (Phi) is 3.66. The smallest absolute Gasteiger partial charge is 0.407 e. The lowest BCUT2D eigenvalue weighted by Gasteiger charge is -2.26. The van der Waals surface area contributed by atoms with Gasteiger partial charge in [-0.15, -0.1) is 0 Å². The third-order valence-electron chi connectivity index (χ3n) is 4.89. The molecular formula is C16H22N2O2. The second-order valence-corrected chi connectivity index (χ2v) is 6.23. The Morgan fingerprint density at radius 1 is 1.25 bits per heavy atom. The van der Waals surface area contributed by atoms with Gasteiger partial charge in [-0.3, -0.25) is 4.90 Å². The second-order valence-electron chi connectivity index (χ2n) is 6.23. The average molecular weight is 274 g/mol. The van der Waals surface area contributed by atoms with Crippen LogP contribution in [-0.2, 0) is 6.54 Å². The molecule has 3 rings (SSSR count). The molecule has 4 nitrogen and oxygen atoms in total. The molecule has 3 atom stereocenters. The molecule has 2 aliphatic rings. The van der Waals surface area contributed by atoms with Gasteiger partial charge >= 0.3 is 6.09 Å². The summed E-state index contributed by atoms with van der Waals surface area (Å²) in [6, 6.07) is 11.1. The number of benzene rings is 1. The Balaban J connectivity index is 1.55. The zero-order valence-electron chi connectivity index (χ0n) is 11.9. The van der Waals surface area contributed by atoms with Crippen LogP contribution in [0.2, 0.25) is 0 Å². The van der Waals surface area contributed by atoms with Crippen molar-refractivity contribution >= 4 is 6.09 Å². The van der Waals surface area contributed by atoms with Gasteiger partial charge in [-0.1, -0.05) is 30.3 Å². The minimum Gasteiger partial charge on any atom is -0.465 e. The van der Waals surface area contributed by atoms with Crippen molar-refractivity contribution in [3.05, 3.63) is 35.9 Å². The summed E-state index contributed by atoms with van der Waals surface area (Å²) in [6.45, 7) is 2.44. The lowest BCUT2D eigenvalue weighted by atomic mass is 10.0. The molecule has 4 heteroatoms. The van der Waals surface area contributed by atoms with E-state index in [1.165, 1.54) is 5.56 Å². The monoisotopic (exact) mass is 274 g/mol. The van der Waals surface area contributed by atoms with Gasteiger partial charge in [-0.2, -0.15) is 0 Å². The quantitative estimate of drug-likeness (QED) is 0.921. The molecule has 0 unspecified atom stereocenters. The molecule has 1 amide bonds. The van der Waals surface area contributed by atoms with Gasteiger partial charge in [0.1, 0.15) is 0 Å². The normalized spacial score (nSPS) is 28.9. The highest BCUT2D eigenvalue weighted by atomic mass is 16.4. The van der Waals surface area contributed by atoms with Crippen LogP contribution in [0.5, 0.6) is 0 Å². The number of amides is 1. The number of nitrogens with zero attached hydrogens (tertiary/aromatic N) is 2. The summed E-state index contributed by atoms with van der Waals surface area (Å²) in [4.78, 5) is 15.0. The van der Waals surface area contributed by atoms with Crippen LogP contribution < -0.4 is 0 Å². The fourth-order valence-electron chi connectivity index (χ4n) is 3.78. The van der Waals surface area contributed by atoms with Crippen molar-refractivity contribution in [3.8, 4) is 0 Å². The van der Waals surface area contributed by atoms with Crippen LogP contribution in [0.25, 0.3) is 0 Å². The van der Waals surface area contributed by atoms with Crippen LogP contribution >= 0.6 is 0 Å². The van der Waals surface area contributed by atoms with Crippen LogP contribution in [0, 0.1) is 11.8 Å². The molecule has 0 bridgehead atoms. The molecule has 0 radical (unpaired) electrons. The number of carboxylic acid groups (broad SMARTS) is 1. The highest BCUT2D eigenvalue weighted by Crippen LogP contribution is 2.40. The molecule has 0 spiro atoms. The van der Waals surface area contributed by atoms with E-state index in [0.717, 1.165) is 32.5 Å². The third kappa shape index (κ3) is 2.66. The predicted octanol–water partition coefficient (Wildman–Crippen LogP) is 2.51. The lowest BCUT2D eigenvalue weighted by Crippen LogP contribution is -2.33. The first kappa shape index (κ1) is 13.4. The first-order valence-corrected chi connectivity index (χ1v) is 7.35. The molecular weight excluding hydrogens is 252 g/mol. The molecule has 1 saturated heterocycles. The maximum atomic E-state index is 11.0. The summed E-state index contributed by atoms with van der Waals surface area (Å²) in [6.07, 6.45) is 1.52. The van der Waals surface area contributed by atoms with E-state index >= 15 is 0 Å². The summed E-state index contributed by atoms with van der Waals surface area (Å²) in [5.41, 5.74) is 1.35. The first-order valence-electron chi connectivity index (χ1n) is 7.35. The Hall–Kier alpha value is -1.55. The van der Waals surface area contributed by atoms with Crippen molar-refractivity contribution in [1.82, 2.24) is 9.80 Å². The van der Waals surface area contributed by atoms with Gasteiger partial charge in [-0.25, -0.2) is 4.79 Å². The van der Waals surface area contributed by atoms with E-state index in [-0.39, 0.29) is 0 Å². The zero-order chi connectivity index (χ0) is 14.1. The molecule has 1 heterocycles. The summed E-state index contributed by atoms with van der Waals surface area (Å²) in [5, 5.41) is 9.05. The molecule has 0 aromatic heterocycles. The van der Waals surface area contributed by atoms with E-state index < -0.39 is 6.09 Å². The second kappa shape index (κ2) is 5.44. The highest BCUT2D eigenvalue weighted by Gasteiger charge is 2.43. The van der Waals surface area contributed by atoms with Crippen LogP contribution in [0.15, 0.2) is 30.3 Å². The standard InChI is InChI=1S/C16H22N2O2/c1-17(9-12-5-3-2-4-6-12)15-7-13-10-18(16(19)20)11-14(13)8-15/h2-6,13-15H,7-11H2,1H3,(H,19,20)/t13-,14+,15+. The topological polar surface area (TPSA) is 43.8 Å². The largest absolute Gasteiger partial charge is 0.465 e. The first-order chi connectivity index (χ1) is 9.63. The van der Waals surface area contributed by atoms with E-state index in [1.807, 2.05) is 6.07 Å². The number of likely N-dealkylation sites (tertiary alicyclic amines) is 1. The number of carbonyl (C=O) groups is 1. The Labute approximate surface area is 120 Å². The highest BCUT2D eigenvalue weighted by molar-refractivity contribution is 5.65. The molecule has 1 aliphatic heterocycles. The zero-order valence-corrected chi connectivity index (χ0v) is 11.9. The molecule has 108 valence electrons. The summed E-state index contributed by atoms with van der Waals surface area (Å²) in [7, 11) is 2.19. The SMILES string of the molecule is CN(Cc1ccccc1)[C@H]1C[C@@H]2CN(C(=O)O)C[C@@H]2C1. The number of hydrogen-bond donors (Lipinski definition) is 1. The van der Waals surface area contributed by atoms with E-state index in [9.17, 15) is 4.79 Å². The van der Waals surface area contributed by atoms with E-state index in [4.69, 9.17) is 5.11 Å². The summed E-state index contributed by atoms with van der Waals surface area (Å²) < 4.78 is 0. The summed E-state index contributed by atoms with van der Waals surface area (Å²) in [5.74, 6) is 1.13. The number of hydrogen-bond acceptors (Lipinski definition) is 2. The molecule has 1 aromatic rings. The van der Waals surface area contributed by atoms with Gasteiger partial charge in [0.15, 0.2) is 0 Å². The Bertz CT molecular complexity index is 463. The van der Waals surface area contributed by atoms with Crippen molar-refractivity contribution in [2.24, 2.45) is 11.8 Å². The molecule has 1 aromatic carbocycles. The van der Waals surface area contributed by atoms with Crippen LogP contribution in [-0.4, -0.2) is 47.2 Å². The molecule has 1 N–H and O–H groups in total. The van der Waals surface area contributed by atoms with Crippen LogP contribution in [0.1, 0.15) is 18.4 Å². The molecule has 1 saturated carbocycles. The van der Waals surface area contributed by atoms with E-state index in [0.29, 0.717) is 17.9 Å². The van der Waals surface area contributed by atoms with Gasteiger partial charge in [0.2, 0.25) is 0 Å². The predicted molar refractivity (Wildman–Crippen MR) is 77.5 cm³/mol. The maximum Gasteiger partial charge on any atom is 0.407 e. The van der Waals surface area contributed by atoms with Crippen molar-refractivity contribution in [1.29, 1.82) is 0 Å². The van der Waals surface area contributed by atoms with Gasteiger partial charge in [0, 0.05) is 25.7 Å². The Morgan fingerprint density at radius 2 is 1.85 bits per heavy atom. The van der Waals surface area contributed by atoms with E-state index in [1.54, 1.807) is 4.90 Å². The maximum absolute atomic E-state index is 11.0. The minimum absolute atomic E-state index is 0.564. The minimum atomic E-state index is -0.756. The van der Waals surface area contributed by atoms with E-state index in [2.05, 4.69) is 36.2 Å². The van der Waals surface area contributed by atoms with Gasteiger partial charge in [-0.05, 0) is 37.3 Å². The van der Waals surface area contributed by atoms with Gasteiger partial charge in [0.05, 0.1) is 0 Å². The average Bonchev–Trinajstić information content (AvgIpc) is 2.97. The number of rotatable bonds is 3. The van der Waals surface area contributed by atoms with Crippen molar-refractivity contribution in [3.63, 3.8) is 0 Å². The van der Waals surface area contributed by atoms with Crippen molar-refractivity contribution in [2.75, 3.05) is 20.1 Å². The van der Waals surface area contributed by atoms with Crippen LogP contribution in [0.3, 0.4) is 0 Å². The van der Waals surface area contributed by atoms with Gasteiger partial charge < -0.3 is 10.0 Å². The van der Waals surface area contributed by atoms with Gasteiger partial charge in [0.25, 0.3) is 0 Å². The fraction of sp³-hybridized carbons (Fsp3) is 0.562. The van der Waals surface area contributed by atoms with Crippen molar-refractivity contribution < 1.29 is 9.90 Å². The fourth-order valence-corrected chi connectivity index (χ4v) is 3.78. The lowest BCUT2D eigenvalue weighted by molar-refractivity contribution is 0.148. The Morgan fingerprint density at radius 3 is 2.40 bits per heavy atom. The summed E-state index contributed by atoms with van der Waals surface area (Å²) >= 11 is 0. The molecule has 20 heavy (non-hydrogen) atoms. The third-order valence-corrected chi connectivity index (χ3v) is 4.89. The molecule has 1 aliphatic carbocycles.